The molecule has 1 aromatic carbocycles. The smallest absolute Gasteiger partial charge is 0.417 e. The Morgan fingerprint density at radius 3 is 2.59 bits per heavy atom. The molecule has 0 aliphatic heterocycles. The number of hydrogen-bond acceptors (Lipinski definition) is 5. The van der Waals surface area contributed by atoms with E-state index in [1.165, 1.54) is 0 Å². The van der Waals surface area contributed by atoms with Crippen molar-refractivity contribution in [3.63, 3.8) is 0 Å². The van der Waals surface area contributed by atoms with Crippen molar-refractivity contribution in [1.29, 1.82) is 0 Å². The van der Waals surface area contributed by atoms with Crippen molar-refractivity contribution in [1.82, 2.24) is 4.98 Å². The van der Waals surface area contributed by atoms with Gasteiger partial charge in [-0.25, -0.2) is 4.98 Å². The Hall–Kier alpha value is -2.03. The molecule has 0 saturated carbocycles. The maximum Gasteiger partial charge on any atom is 0.417 e. The van der Waals surface area contributed by atoms with E-state index in [1.54, 1.807) is 25.3 Å². The van der Waals surface area contributed by atoms with Gasteiger partial charge in [-0.3, -0.25) is 0 Å². The predicted octanol–water partition coefficient (Wildman–Crippen LogP) is 4.78. The fraction of sp³-hybridized carbons (Fsp3) is 0.389. The summed E-state index contributed by atoms with van der Waals surface area (Å²) in [6.07, 6.45) is -3.19. The molecule has 0 N–H and O–H groups in total. The fourth-order valence-corrected chi connectivity index (χ4v) is 2.12. The predicted molar refractivity (Wildman–Crippen MR) is 92.4 cm³/mol. The van der Waals surface area contributed by atoms with Gasteiger partial charge in [0.25, 0.3) is 0 Å². The molecule has 2 aromatic rings. The Bertz CT molecular complexity index is 728. The normalized spacial score (nSPS) is 11.4. The Kier molecular flexibility index (Phi) is 8.15. The van der Waals surface area contributed by atoms with Gasteiger partial charge in [-0.2, -0.15) is 13.2 Å². The van der Waals surface area contributed by atoms with E-state index in [2.05, 4.69) is 11.1 Å². The van der Waals surface area contributed by atoms with Crippen LogP contribution in [0.4, 0.5) is 13.2 Å². The highest BCUT2D eigenvalue weighted by atomic mass is 35.5. The second-order valence-corrected chi connectivity index (χ2v) is 5.70. The van der Waals surface area contributed by atoms with Crippen molar-refractivity contribution in [3.05, 3.63) is 47.1 Å². The zero-order chi connectivity index (χ0) is 19.7. The summed E-state index contributed by atoms with van der Waals surface area (Å²) in [5.41, 5.74) is -0.950. The number of nitrogens with zero attached hydrogens (tertiary/aromatic N) is 1. The summed E-state index contributed by atoms with van der Waals surface area (Å²) >= 11 is 5.82. The molecular weight excluding hydrogens is 387 g/mol. The van der Waals surface area contributed by atoms with Crippen LogP contribution in [0.15, 0.2) is 30.5 Å². The second kappa shape index (κ2) is 10.3. The molecule has 27 heavy (non-hydrogen) atoms. The molecule has 0 saturated heterocycles. The van der Waals surface area contributed by atoms with Gasteiger partial charge in [-0.05, 0) is 18.2 Å². The molecule has 2 rings (SSSR count). The SMILES string of the molecule is COCCOCCCOc1[c]c(Oc2ncc(C(F)(F)F)cc2Cl)ccc1. The zero-order valence-electron chi connectivity index (χ0n) is 14.5. The van der Waals surface area contributed by atoms with Gasteiger partial charge in [0.15, 0.2) is 0 Å². The van der Waals surface area contributed by atoms with E-state index in [9.17, 15) is 13.2 Å². The summed E-state index contributed by atoms with van der Waals surface area (Å²) < 4.78 is 59.0. The van der Waals surface area contributed by atoms with Crippen molar-refractivity contribution < 1.29 is 32.1 Å². The van der Waals surface area contributed by atoms with Crippen LogP contribution in [-0.2, 0) is 15.7 Å². The molecule has 1 aromatic heterocycles. The number of alkyl halides is 3. The number of hydrogen-bond donors (Lipinski definition) is 0. The average Bonchev–Trinajstić information content (AvgIpc) is 2.62. The number of aromatic nitrogens is 1. The molecule has 0 aliphatic carbocycles. The number of halogens is 4. The maximum absolute atomic E-state index is 12.6. The van der Waals surface area contributed by atoms with Crippen molar-refractivity contribution in [2.24, 2.45) is 0 Å². The van der Waals surface area contributed by atoms with E-state index >= 15 is 0 Å². The number of methoxy groups -OCH3 is 1. The highest BCUT2D eigenvalue weighted by molar-refractivity contribution is 6.31. The van der Waals surface area contributed by atoms with Gasteiger partial charge in [0.2, 0.25) is 5.88 Å². The van der Waals surface area contributed by atoms with Crippen LogP contribution >= 0.6 is 11.6 Å². The van der Waals surface area contributed by atoms with Crippen molar-refractivity contribution in [3.8, 4) is 17.4 Å². The molecule has 0 bridgehead atoms. The third-order valence-electron chi connectivity index (χ3n) is 3.21. The molecule has 0 atom stereocenters. The molecule has 1 radical (unpaired) electrons. The van der Waals surface area contributed by atoms with Crippen molar-refractivity contribution in [2.75, 3.05) is 33.5 Å². The molecule has 1 heterocycles. The summed E-state index contributed by atoms with van der Waals surface area (Å²) in [5, 5.41) is -0.252. The van der Waals surface area contributed by atoms with Crippen LogP contribution in [0.5, 0.6) is 17.4 Å². The Balaban J connectivity index is 1.88. The molecule has 0 fully saturated rings. The highest BCUT2D eigenvalue weighted by Crippen LogP contribution is 2.34. The Morgan fingerprint density at radius 2 is 1.89 bits per heavy atom. The fourth-order valence-electron chi connectivity index (χ4n) is 1.92. The van der Waals surface area contributed by atoms with Crippen LogP contribution < -0.4 is 9.47 Å². The molecule has 9 heteroatoms. The second-order valence-electron chi connectivity index (χ2n) is 5.30. The number of ether oxygens (including phenoxy) is 4. The van der Waals surface area contributed by atoms with E-state index in [4.69, 9.17) is 30.5 Å². The summed E-state index contributed by atoms with van der Waals surface area (Å²) in [5.74, 6) is 0.495. The average molecular weight is 405 g/mol. The summed E-state index contributed by atoms with van der Waals surface area (Å²) in [7, 11) is 1.60. The standard InChI is InChI=1S/C18H18ClF3NO4/c1-24-8-9-25-6-3-7-26-14-4-2-5-15(11-14)27-17-16(19)10-13(12-23-17)18(20,21)22/h2,4-5,10,12H,3,6-9H2,1H3. The summed E-state index contributed by atoms with van der Waals surface area (Å²) in [6, 6.07) is 8.52. The van der Waals surface area contributed by atoms with E-state index < -0.39 is 11.7 Å². The molecule has 0 spiro atoms. The first-order chi connectivity index (χ1) is 12.9. The first-order valence-electron chi connectivity index (χ1n) is 8.02. The van der Waals surface area contributed by atoms with E-state index in [0.717, 1.165) is 6.07 Å². The number of benzene rings is 1. The number of rotatable bonds is 10. The molecule has 0 unspecified atom stereocenters. The third kappa shape index (κ3) is 7.24. The molecule has 0 aliphatic rings. The van der Waals surface area contributed by atoms with Crippen LogP contribution in [0.1, 0.15) is 12.0 Å². The third-order valence-corrected chi connectivity index (χ3v) is 3.48. The lowest BCUT2D eigenvalue weighted by atomic mass is 10.3. The lowest BCUT2D eigenvalue weighted by Crippen LogP contribution is -2.07. The summed E-state index contributed by atoms with van der Waals surface area (Å²) in [6.45, 7) is 2.00. The quantitative estimate of drug-likeness (QED) is 0.533. The summed E-state index contributed by atoms with van der Waals surface area (Å²) in [4.78, 5) is 3.62. The van der Waals surface area contributed by atoms with Crippen LogP contribution in [0, 0.1) is 6.07 Å². The lowest BCUT2D eigenvalue weighted by molar-refractivity contribution is -0.137. The van der Waals surface area contributed by atoms with Crippen molar-refractivity contribution >= 4 is 11.6 Å². The van der Waals surface area contributed by atoms with Crippen LogP contribution in [0.3, 0.4) is 0 Å². The van der Waals surface area contributed by atoms with Gasteiger partial charge in [0.1, 0.15) is 16.5 Å². The van der Waals surface area contributed by atoms with E-state index in [1.807, 2.05) is 0 Å². The molecule has 5 nitrogen and oxygen atoms in total. The minimum Gasteiger partial charge on any atom is -0.493 e. The lowest BCUT2D eigenvalue weighted by Gasteiger charge is -2.11. The topological polar surface area (TPSA) is 49.8 Å². The van der Waals surface area contributed by atoms with Crippen LogP contribution in [0.2, 0.25) is 5.02 Å². The molecular formula is C18H18ClF3NO4. The van der Waals surface area contributed by atoms with Crippen LogP contribution in [-0.4, -0.2) is 38.5 Å². The monoisotopic (exact) mass is 404 g/mol. The largest absolute Gasteiger partial charge is 0.493 e. The zero-order valence-corrected chi connectivity index (χ0v) is 15.3. The van der Waals surface area contributed by atoms with Crippen molar-refractivity contribution in [2.45, 2.75) is 12.6 Å². The first-order valence-corrected chi connectivity index (χ1v) is 8.40. The first kappa shape index (κ1) is 21.3. The molecule has 0 amide bonds. The van der Waals surface area contributed by atoms with Gasteiger partial charge in [0, 0.05) is 26.3 Å². The van der Waals surface area contributed by atoms with Gasteiger partial charge >= 0.3 is 6.18 Å². The van der Waals surface area contributed by atoms with Gasteiger partial charge in [-0.15, -0.1) is 0 Å². The van der Waals surface area contributed by atoms with E-state index in [-0.39, 0.29) is 16.7 Å². The minimum atomic E-state index is -4.53. The van der Waals surface area contributed by atoms with E-state index in [0.29, 0.717) is 44.8 Å². The minimum absolute atomic E-state index is 0.149. The highest BCUT2D eigenvalue weighted by Gasteiger charge is 2.31. The molecule has 147 valence electrons. The Morgan fingerprint density at radius 1 is 1.11 bits per heavy atom. The Labute approximate surface area is 160 Å². The van der Waals surface area contributed by atoms with Crippen LogP contribution in [0.25, 0.3) is 0 Å². The van der Waals surface area contributed by atoms with Gasteiger partial charge < -0.3 is 18.9 Å². The van der Waals surface area contributed by atoms with Gasteiger partial charge in [-0.1, -0.05) is 17.7 Å². The maximum atomic E-state index is 12.6. The van der Waals surface area contributed by atoms with Gasteiger partial charge in [0.05, 0.1) is 31.5 Å². The number of pyridine rings is 1.